The third-order valence-corrected chi connectivity index (χ3v) is 2.26. The molecule has 2 aromatic rings. The van der Waals surface area contributed by atoms with Crippen molar-refractivity contribution in [2.75, 3.05) is 0 Å². The highest BCUT2D eigenvalue weighted by atomic mass is 16.1. The third-order valence-electron chi connectivity index (χ3n) is 2.26. The van der Waals surface area contributed by atoms with Gasteiger partial charge in [-0.25, -0.2) is 0 Å². The van der Waals surface area contributed by atoms with E-state index in [-0.39, 0.29) is 0 Å². The number of pyridine rings is 1. The van der Waals surface area contributed by atoms with E-state index in [1.807, 2.05) is 18.2 Å². The Morgan fingerprint density at radius 3 is 2.60 bits per heavy atom. The Hall–Kier alpha value is -1.96. The minimum Gasteiger partial charge on any atom is -0.296 e. The normalized spacial score (nSPS) is 9.93. The number of carbonyl (C=O) groups excluding carboxylic acids is 1. The highest BCUT2D eigenvalue weighted by molar-refractivity contribution is 5.73. The fraction of sp³-hybridized carbons (Fsp3) is 0.0769. The molecule has 2 rings (SSSR count). The molecule has 15 heavy (non-hydrogen) atoms. The average molecular weight is 197 g/mol. The van der Waals surface area contributed by atoms with E-state index >= 15 is 0 Å². The summed E-state index contributed by atoms with van der Waals surface area (Å²) in [5.41, 5.74) is 3.84. The van der Waals surface area contributed by atoms with Crippen LogP contribution in [0.1, 0.15) is 16.1 Å². The molecule has 0 spiro atoms. The van der Waals surface area contributed by atoms with Crippen LogP contribution in [0.5, 0.6) is 0 Å². The molecule has 0 unspecified atom stereocenters. The molecule has 0 bridgehead atoms. The van der Waals surface area contributed by atoms with Crippen molar-refractivity contribution in [3.63, 3.8) is 0 Å². The first kappa shape index (κ1) is 9.59. The van der Waals surface area contributed by atoms with E-state index in [2.05, 4.69) is 24.0 Å². The highest BCUT2D eigenvalue weighted by Crippen LogP contribution is 2.19. The van der Waals surface area contributed by atoms with Crippen molar-refractivity contribution in [2.24, 2.45) is 0 Å². The fourth-order valence-electron chi connectivity index (χ4n) is 1.47. The topological polar surface area (TPSA) is 30.0 Å². The lowest BCUT2D eigenvalue weighted by Crippen LogP contribution is -1.86. The lowest BCUT2D eigenvalue weighted by molar-refractivity contribution is 0.111. The van der Waals surface area contributed by atoms with Gasteiger partial charge in [0.2, 0.25) is 0 Å². The van der Waals surface area contributed by atoms with Gasteiger partial charge in [0.05, 0.1) is 0 Å². The molecule has 0 aliphatic rings. The molecule has 0 radical (unpaired) electrons. The van der Waals surface area contributed by atoms with Gasteiger partial charge in [-0.15, -0.1) is 0 Å². The van der Waals surface area contributed by atoms with E-state index in [1.54, 1.807) is 12.3 Å². The van der Waals surface area contributed by atoms with Crippen LogP contribution in [-0.4, -0.2) is 11.3 Å². The summed E-state index contributed by atoms with van der Waals surface area (Å²) in [6.45, 7) is 2.05. The maximum absolute atomic E-state index is 10.4. The van der Waals surface area contributed by atoms with Crippen LogP contribution in [0.2, 0.25) is 0 Å². The Bertz CT molecular complexity index is 474. The van der Waals surface area contributed by atoms with Crippen molar-refractivity contribution in [3.8, 4) is 11.1 Å². The second-order valence-corrected chi connectivity index (χ2v) is 3.46. The van der Waals surface area contributed by atoms with Gasteiger partial charge in [-0.3, -0.25) is 9.78 Å². The number of hydrogen-bond donors (Lipinski definition) is 0. The lowest BCUT2D eigenvalue weighted by atomic mass is 10.1. The molecule has 0 N–H and O–H groups in total. The van der Waals surface area contributed by atoms with Crippen LogP contribution in [-0.2, 0) is 0 Å². The smallest absolute Gasteiger partial charge is 0.168 e. The highest BCUT2D eigenvalue weighted by Gasteiger charge is 1.98. The van der Waals surface area contributed by atoms with Crippen molar-refractivity contribution in [2.45, 2.75) is 6.92 Å². The van der Waals surface area contributed by atoms with Crippen LogP contribution in [0.3, 0.4) is 0 Å². The zero-order chi connectivity index (χ0) is 10.7. The van der Waals surface area contributed by atoms with Crippen LogP contribution in [0, 0.1) is 6.92 Å². The number of aldehydes is 1. The summed E-state index contributed by atoms with van der Waals surface area (Å²) in [5.74, 6) is 0. The van der Waals surface area contributed by atoms with Crippen molar-refractivity contribution in [1.29, 1.82) is 0 Å². The van der Waals surface area contributed by atoms with Gasteiger partial charge in [0, 0.05) is 11.8 Å². The summed E-state index contributed by atoms with van der Waals surface area (Å²) >= 11 is 0. The molecule has 1 aromatic carbocycles. The molecule has 0 saturated carbocycles. The Morgan fingerprint density at radius 2 is 2.00 bits per heavy atom. The Balaban J connectivity index is 2.41. The summed E-state index contributed by atoms with van der Waals surface area (Å²) in [6.07, 6.45) is 2.47. The van der Waals surface area contributed by atoms with Gasteiger partial charge < -0.3 is 0 Å². The number of aromatic nitrogens is 1. The SMILES string of the molecule is Cc1cccc(-c2ccc(C=O)nc2)c1. The monoisotopic (exact) mass is 197 g/mol. The Labute approximate surface area is 88.6 Å². The summed E-state index contributed by atoms with van der Waals surface area (Å²) in [7, 11) is 0. The van der Waals surface area contributed by atoms with Crippen LogP contribution < -0.4 is 0 Å². The molecule has 1 aromatic heterocycles. The Kier molecular flexibility index (Phi) is 2.59. The van der Waals surface area contributed by atoms with E-state index in [4.69, 9.17) is 0 Å². The molecule has 1 heterocycles. The van der Waals surface area contributed by atoms with Crippen molar-refractivity contribution >= 4 is 6.29 Å². The van der Waals surface area contributed by atoms with Crippen LogP contribution in [0.4, 0.5) is 0 Å². The molecule has 0 aliphatic heterocycles. The molecule has 0 aliphatic carbocycles. The molecule has 0 atom stereocenters. The minimum absolute atomic E-state index is 0.464. The van der Waals surface area contributed by atoms with E-state index in [0.717, 1.165) is 17.4 Å². The van der Waals surface area contributed by atoms with E-state index in [9.17, 15) is 4.79 Å². The van der Waals surface area contributed by atoms with E-state index < -0.39 is 0 Å². The van der Waals surface area contributed by atoms with Gasteiger partial charge in [-0.05, 0) is 18.6 Å². The molecule has 2 heteroatoms. The molecular weight excluding hydrogens is 186 g/mol. The van der Waals surface area contributed by atoms with E-state index in [0.29, 0.717) is 5.69 Å². The number of nitrogens with zero attached hydrogens (tertiary/aromatic N) is 1. The number of aryl methyl sites for hydroxylation is 1. The minimum atomic E-state index is 0.464. The van der Waals surface area contributed by atoms with E-state index in [1.165, 1.54) is 5.56 Å². The predicted octanol–water partition coefficient (Wildman–Crippen LogP) is 2.87. The zero-order valence-corrected chi connectivity index (χ0v) is 8.47. The predicted molar refractivity (Wildman–Crippen MR) is 59.8 cm³/mol. The second kappa shape index (κ2) is 4.05. The molecule has 0 saturated heterocycles. The van der Waals surface area contributed by atoms with Gasteiger partial charge in [-0.1, -0.05) is 35.9 Å². The van der Waals surface area contributed by atoms with Gasteiger partial charge in [0.15, 0.2) is 6.29 Å². The number of hydrogen-bond acceptors (Lipinski definition) is 2. The zero-order valence-electron chi connectivity index (χ0n) is 8.47. The first-order valence-electron chi connectivity index (χ1n) is 4.78. The summed E-state index contributed by atoms with van der Waals surface area (Å²) < 4.78 is 0. The molecule has 0 amide bonds. The summed E-state index contributed by atoms with van der Waals surface area (Å²) in [5, 5.41) is 0. The largest absolute Gasteiger partial charge is 0.296 e. The van der Waals surface area contributed by atoms with Crippen LogP contribution >= 0.6 is 0 Å². The van der Waals surface area contributed by atoms with Crippen LogP contribution in [0.15, 0.2) is 42.6 Å². The number of benzene rings is 1. The first-order chi connectivity index (χ1) is 7.29. The van der Waals surface area contributed by atoms with Gasteiger partial charge >= 0.3 is 0 Å². The van der Waals surface area contributed by atoms with Gasteiger partial charge in [0.25, 0.3) is 0 Å². The molecule has 0 fully saturated rings. The van der Waals surface area contributed by atoms with Crippen molar-refractivity contribution in [1.82, 2.24) is 4.98 Å². The molecular formula is C13H11NO. The fourth-order valence-corrected chi connectivity index (χ4v) is 1.47. The Morgan fingerprint density at radius 1 is 1.13 bits per heavy atom. The first-order valence-corrected chi connectivity index (χ1v) is 4.78. The van der Waals surface area contributed by atoms with Crippen molar-refractivity contribution in [3.05, 3.63) is 53.9 Å². The standard InChI is InChI=1S/C13H11NO/c1-10-3-2-4-11(7-10)12-5-6-13(9-15)14-8-12/h2-9H,1H3. The third kappa shape index (κ3) is 2.10. The van der Waals surface area contributed by atoms with Crippen molar-refractivity contribution < 1.29 is 4.79 Å². The quantitative estimate of drug-likeness (QED) is 0.693. The lowest BCUT2D eigenvalue weighted by Gasteiger charge is -2.02. The number of carbonyl (C=O) groups is 1. The average Bonchev–Trinajstić information content (AvgIpc) is 2.29. The molecule has 2 nitrogen and oxygen atoms in total. The maximum Gasteiger partial charge on any atom is 0.168 e. The number of rotatable bonds is 2. The summed E-state index contributed by atoms with van der Waals surface area (Å²) in [6, 6.07) is 11.8. The van der Waals surface area contributed by atoms with Gasteiger partial charge in [0.1, 0.15) is 5.69 Å². The van der Waals surface area contributed by atoms with Gasteiger partial charge in [-0.2, -0.15) is 0 Å². The van der Waals surface area contributed by atoms with Crippen LogP contribution in [0.25, 0.3) is 11.1 Å². The maximum atomic E-state index is 10.4. The second-order valence-electron chi connectivity index (χ2n) is 3.46. The summed E-state index contributed by atoms with van der Waals surface area (Å²) in [4.78, 5) is 14.5. The molecule has 74 valence electrons.